The number of benzene rings is 1. The lowest BCUT2D eigenvalue weighted by molar-refractivity contribution is -0.139. The molecule has 164 valence electrons. The lowest BCUT2D eigenvalue weighted by Crippen LogP contribution is -2.50. The molecule has 1 aliphatic carbocycles. The van der Waals surface area contributed by atoms with Gasteiger partial charge in [-0.15, -0.1) is 0 Å². The van der Waals surface area contributed by atoms with Gasteiger partial charge in [-0.1, -0.05) is 41.9 Å². The van der Waals surface area contributed by atoms with Gasteiger partial charge in [0.2, 0.25) is 5.91 Å². The second kappa shape index (κ2) is 8.44. The molecule has 1 aromatic carbocycles. The molecule has 1 N–H and O–H groups in total. The highest BCUT2D eigenvalue weighted by Crippen LogP contribution is 2.44. The third-order valence-corrected chi connectivity index (χ3v) is 7.74. The molecular weight excluding hydrogens is 410 g/mol. The Bertz CT molecular complexity index is 945. The number of piperidine rings is 1. The molecule has 3 fully saturated rings. The fraction of sp³-hybridized carbons (Fsp3) is 0.520. The smallest absolute Gasteiger partial charge is 0.230 e. The van der Waals surface area contributed by atoms with Crippen molar-refractivity contribution in [2.75, 3.05) is 24.5 Å². The van der Waals surface area contributed by atoms with E-state index < -0.39 is 0 Å². The number of nitrogens with zero attached hydrogens (tertiary/aromatic N) is 3. The maximum atomic E-state index is 13.5. The zero-order valence-electron chi connectivity index (χ0n) is 17.8. The summed E-state index contributed by atoms with van der Waals surface area (Å²) in [6.07, 6.45) is 7.95. The number of aromatic nitrogens is 1. The Morgan fingerprint density at radius 1 is 1.03 bits per heavy atom. The van der Waals surface area contributed by atoms with E-state index in [9.17, 15) is 9.90 Å². The third kappa shape index (κ3) is 3.94. The van der Waals surface area contributed by atoms with E-state index in [1.807, 2.05) is 30.5 Å². The molecule has 2 saturated heterocycles. The first-order chi connectivity index (χ1) is 15.1. The molecule has 1 amide bonds. The highest BCUT2D eigenvalue weighted by atomic mass is 35.5. The Labute approximate surface area is 189 Å². The molecule has 1 aromatic heterocycles. The number of likely N-dealkylation sites (tertiary alicyclic amines) is 1. The van der Waals surface area contributed by atoms with Crippen molar-refractivity contribution in [1.29, 1.82) is 0 Å². The number of anilines is 1. The van der Waals surface area contributed by atoms with Crippen molar-refractivity contribution in [3.63, 3.8) is 0 Å². The summed E-state index contributed by atoms with van der Waals surface area (Å²) in [4.78, 5) is 22.6. The van der Waals surface area contributed by atoms with Crippen LogP contribution in [0.1, 0.15) is 44.9 Å². The minimum Gasteiger partial charge on any atom is -0.393 e. The van der Waals surface area contributed by atoms with E-state index in [1.165, 1.54) is 0 Å². The van der Waals surface area contributed by atoms with Crippen molar-refractivity contribution in [1.82, 2.24) is 9.88 Å². The van der Waals surface area contributed by atoms with Crippen LogP contribution < -0.4 is 4.90 Å². The largest absolute Gasteiger partial charge is 0.393 e. The second-order valence-electron chi connectivity index (χ2n) is 9.41. The summed E-state index contributed by atoms with van der Waals surface area (Å²) in [7, 11) is 0. The molecule has 1 saturated carbocycles. The summed E-state index contributed by atoms with van der Waals surface area (Å²) in [6, 6.07) is 12.4. The minimum absolute atomic E-state index is 0.194. The molecule has 0 radical (unpaired) electrons. The molecule has 6 heteroatoms. The Morgan fingerprint density at radius 2 is 1.81 bits per heavy atom. The Hall–Kier alpha value is -2.11. The van der Waals surface area contributed by atoms with Crippen molar-refractivity contribution < 1.29 is 9.90 Å². The van der Waals surface area contributed by atoms with Gasteiger partial charge in [0.25, 0.3) is 0 Å². The summed E-state index contributed by atoms with van der Waals surface area (Å²) >= 11 is 6.69. The lowest BCUT2D eigenvalue weighted by Gasteiger charge is -2.41. The van der Waals surface area contributed by atoms with Crippen LogP contribution in [0.2, 0.25) is 5.02 Å². The third-order valence-electron chi connectivity index (χ3n) is 7.46. The summed E-state index contributed by atoms with van der Waals surface area (Å²) < 4.78 is 0. The molecule has 3 heterocycles. The number of halogens is 1. The van der Waals surface area contributed by atoms with E-state index in [-0.39, 0.29) is 17.6 Å². The fourth-order valence-corrected chi connectivity index (χ4v) is 5.99. The highest BCUT2D eigenvalue weighted by molar-refractivity contribution is 6.33. The van der Waals surface area contributed by atoms with Crippen molar-refractivity contribution in [3.05, 3.63) is 47.6 Å². The van der Waals surface area contributed by atoms with Crippen LogP contribution in [0, 0.1) is 5.41 Å². The SMILES string of the molecule is O=C1N(C2CCC(O)CC2)CC[C@@]12CCCN(c1ncc(-c3ccccc3)cc1Cl)C2. The molecule has 2 aliphatic heterocycles. The van der Waals surface area contributed by atoms with E-state index >= 15 is 0 Å². The van der Waals surface area contributed by atoms with Gasteiger partial charge in [0.1, 0.15) is 5.82 Å². The molecule has 1 atom stereocenters. The van der Waals surface area contributed by atoms with Crippen LogP contribution in [0.5, 0.6) is 0 Å². The van der Waals surface area contributed by atoms with Crippen LogP contribution in [-0.2, 0) is 4.79 Å². The Balaban J connectivity index is 1.33. The summed E-state index contributed by atoms with van der Waals surface area (Å²) in [6.45, 7) is 2.40. The van der Waals surface area contributed by atoms with Crippen molar-refractivity contribution in [2.24, 2.45) is 5.41 Å². The number of rotatable bonds is 3. The van der Waals surface area contributed by atoms with Crippen LogP contribution in [0.4, 0.5) is 5.82 Å². The molecular formula is C25H30ClN3O2. The number of amides is 1. The van der Waals surface area contributed by atoms with Crippen LogP contribution in [-0.4, -0.2) is 52.7 Å². The van der Waals surface area contributed by atoms with E-state index in [0.29, 0.717) is 17.5 Å². The quantitative estimate of drug-likeness (QED) is 0.763. The van der Waals surface area contributed by atoms with Crippen molar-refractivity contribution in [2.45, 2.75) is 57.1 Å². The predicted octanol–water partition coefficient (Wildman–Crippen LogP) is 4.52. The second-order valence-corrected chi connectivity index (χ2v) is 9.82. The van der Waals surface area contributed by atoms with Gasteiger partial charge in [0, 0.05) is 37.4 Å². The monoisotopic (exact) mass is 439 g/mol. The van der Waals surface area contributed by atoms with Gasteiger partial charge in [-0.25, -0.2) is 4.98 Å². The molecule has 3 aliphatic rings. The van der Waals surface area contributed by atoms with Gasteiger partial charge in [-0.2, -0.15) is 0 Å². The zero-order chi connectivity index (χ0) is 21.4. The molecule has 31 heavy (non-hydrogen) atoms. The van der Waals surface area contributed by atoms with E-state index in [0.717, 1.165) is 75.0 Å². The van der Waals surface area contributed by atoms with Gasteiger partial charge < -0.3 is 14.9 Å². The lowest BCUT2D eigenvalue weighted by atomic mass is 9.78. The average Bonchev–Trinajstić information content (AvgIpc) is 3.10. The summed E-state index contributed by atoms with van der Waals surface area (Å²) in [5.41, 5.74) is 1.78. The van der Waals surface area contributed by atoms with Crippen LogP contribution in [0.15, 0.2) is 42.6 Å². The topological polar surface area (TPSA) is 56.7 Å². The number of aliphatic hydroxyl groups is 1. The maximum Gasteiger partial charge on any atom is 0.230 e. The van der Waals surface area contributed by atoms with E-state index in [4.69, 9.17) is 16.6 Å². The number of aliphatic hydroxyl groups excluding tert-OH is 1. The van der Waals surface area contributed by atoms with E-state index in [1.54, 1.807) is 0 Å². The predicted molar refractivity (Wildman–Crippen MR) is 123 cm³/mol. The number of hydrogen-bond acceptors (Lipinski definition) is 4. The molecule has 0 bridgehead atoms. The van der Waals surface area contributed by atoms with Crippen LogP contribution in [0.25, 0.3) is 11.1 Å². The standard InChI is InChI=1S/C25H30ClN3O2/c26-22-15-19(18-5-2-1-3-6-18)16-27-23(22)28-13-4-11-25(17-28)12-14-29(24(25)31)20-7-9-21(30)10-8-20/h1-3,5-6,15-16,20-21,30H,4,7-14,17H2/t20?,21?,25-/m1/s1. The molecule has 5 nitrogen and oxygen atoms in total. The average molecular weight is 440 g/mol. The van der Waals surface area contributed by atoms with Gasteiger partial charge >= 0.3 is 0 Å². The van der Waals surface area contributed by atoms with Crippen molar-refractivity contribution >= 4 is 23.3 Å². The van der Waals surface area contributed by atoms with Gasteiger partial charge in [-0.05, 0) is 56.6 Å². The first-order valence-corrected chi connectivity index (χ1v) is 11.9. The van der Waals surface area contributed by atoms with Gasteiger partial charge in [0.05, 0.1) is 16.5 Å². The van der Waals surface area contributed by atoms with E-state index in [2.05, 4.69) is 21.9 Å². The number of pyridine rings is 1. The van der Waals surface area contributed by atoms with Gasteiger partial charge in [0.15, 0.2) is 0 Å². The first kappa shape index (κ1) is 20.8. The molecule has 1 spiro atoms. The summed E-state index contributed by atoms with van der Waals surface area (Å²) in [5.74, 6) is 1.09. The first-order valence-electron chi connectivity index (χ1n) is 11.5. The van der Waals surface area contributed by atoms with Gasteiger partial charge in [-0.3, -0.25) is 4.79 Å². The van der Waals surface area contributed by atoms with Crippen molar-refractivity contribution in [3.8, 4) is 11.1 Å². The van der Waals surface area contributed by atoms with Crippen LogP contribution >= 0.6 is 11.6 Å². The number of carbonyl (C=O) groups excluding carboxylic acids is 1. The maximum absolute atomic E-state index is 13.5. The molecule has 2 aromatic rings. The fourth-order valence-electron chi connectivity index (χ4n) is 5.71. The molecule has 5 rings (SSSR count). The Morgan fingerprint density at radius 3 is 2.55 bits per heavy atom. The highest BCUT2D eigenvalue weighted by Gasteiger charge is 2.51. The number of carbonyl (C=O) groups is 1. The Kier molecular flexibility index (Phi) is 5.65. The molecule has 0 unspecified atom stereocenters. The normalized spacial score (nSPS) is 29.0. The zero-order valence-corrected chi connectivity index (χ0v) is 18.6. The minimum atomic E-state index is -0.322. The summed E-state index contributed by atoms with van der Waals surface area (Å²) in [5, 5.41) is 10.5. The number of hydrogen-bond donors (Lipinski definition) is 1. The van der Waals surface area contributed by atoms with Crippen LogP contribution in [0.3, 0.4) is 0 Å².